The van der Waals surface area contributed by atoms with Crippen LogP contribution in [0.1, 0.15) is 5.56 Å². The SMILES string of the molecule is CN1Cc2cccc(Br)c2S(=O)(=O)C1. The first-order valence-electron chi connectivity index (χ1n) is 4.19. The average molecular weight is 276 g/mol. The van der Waals surface area contributed by atoms with Gasteiger partial charge < -0.3 is 0 Å². The van der Waals surface area contributed by atoms with Gasteiger partial charge in [-0.2, -0.15) is 0 Å². The number of rotatable bonds is 0. The predicted molar refractivity (Wildman–Crippen MR) is 57.7 cm³/mol. The summed E-state index contributed by atoms with van der Waals surface area (Å²) in [6.45, 7) is 0.688. The molecule has 1 aromatic carbocycles. The lowest BCUT2D eigenvalue weighted by atomic mass is 10.2. The standard InChI is InChI=1S/C9H10BrNO2S/c1-11-5-7-3-2-4-8(10)9(7)14(12,13)6-11/h2-4H,5-6H2,1H3. The van der Waals surface area contributed by atoms with E-state index >= 15 is 0 Å². The molecule has 0 amide bonds. The van der Waals surface area contributed by atoms with Crippen LogP contribution in [0.2, 0.25) is 0 Å². The number of sulfone groups is 1. The lowest BCUT2D eigenvalue weighted by molar-refractivity contribution is 0.360. The summed E-state index contributed by atoms with van der Waals surface area (Å²) in [5, 5.41) is 0. The molecule has 0 N–H and O–H groups in total. The molecule has 0 fully saturated rings. The van der Waals surface area contributed by atoms with Gasteiger partial charge in [0, 0.05) is 11.0 Å². The molecule has 1 heterocycles. The molecular formula is C9H10BrNO2S. The highest BCUT2D eigenvalue weighted by Crippen LogP contribution is 2.30. The molecule has 0 atom stereocenters. The van der Waals surface area contributed by atoms with Crippen molar-refractivity contribution in [2.24, 2.45) is 0 Å². The number of nitrogens with zero attached hydrogens (tertiary/aromatic N) is 1. The van der Waals surface area contributed by atoms with Crippen LogP contribution in [0.5, 0.6) is 0 Å². The molecule has 1 aromatic rings. The number of fused-ring (bicyclic) bond motifs is 1. The van der Waals surface area contributed by atoms with Crippen molar-refractivity contribution in [2.75, 3.05) is 12.9 Å². The van der Waals surface area contributed by atoms with Gasteiger partial charge in [0.15, 0.2) is 9.84 Å². The maximum Gasteiger partial charge on any atom is 0.192 e. The fourth-order valence-electron chi connectivity index (χ4n) is 1.72. The highest BCUT2D eigenvalue weighted by atomic mass is 79.9. The van der Waals surface area contributed by atoms with Crippen molar-refractivity contribution < 1.29 is 8.42 Å². The normalized spacial score (nSPS) is 20.4. The molecule has 3 nitrogen and oxygen atoms in total. The minimum atomic E-state index is -3.14. The van der Waals surface area contributed by atoms with Gasteiger partial charge >= 0.3 is 0 Å². The van der Waals surface area contributed by atoms with E-state index in [4.69, 9.17) is 0 Å². The average Bonchev–Trinajstić information content (AvgIpc) is 2.00. The Hall–Kier alpha value is -0.390. The van der Waals surface area contributed by atoms with Crippen molar-refractivity contribution >= 4 is 25.8 Å². The molecule has 0 unspecified atom stereocenters. The van der Waals surface area contributed by atoms with E-state index in [-0.39, 0.29) is 5.88 Å². The molecule has 0 saturated carbocycles. The van der Waals surface area contributed by atoms with Crippen LogP contribution >= 0.6 is 15.9 Å². The summed E-state index contributed by atoms with van der Waals surface area (Å²) >= 11 is 3.28. The molecule has 0 radical (unpaired) electrons. The van der Waals surface area contributed by atoms with Crippen LogP contribution in [-0.4, -0.2) is 26.2 Å². The molecule has 14 heavy (non-hydrogen) atoms. The molecule has 1 aliphatic heterocycles. The van der Waals surface area contributed by atoms with E-state index in [2.05, 4.69) is 15.9 Å². The first-order valence-corrected chi connectivity index (χ1v) is 6.64. The Morgan fingerprint density at radius 1 is 1.43 bits per heavy atom. The summed E-state index contributed by atoms with van der Waals surface area (Å²) in [5.41, 5.74) is 0.869. The van der Waals surface area contributed by atoms with Gasteiger partial charge in [-0.1, -0.05) is 12.1 Å². The smallest absolute Gasteiger partial charge is 0.192 e. The minimum Gasteiger partial charge on any atom is -0.288 e. The largest absolute Gasteiger partial charge is 0.288 e. The maximum atomic E-state index is 11.8. The lowest BCUT2D eigenvalue weighted by Gasteiger charge is -2.25. The summed E-state index contributed by atoms with van der Waals surface area (Å²) in [5.74, 6) is 0.0998. The van der Waals surface area contributed by atoms with Crippen molar-refractivity contribution in [3.05, 3.63) is 28.2 Å². The molecule has 0 spiro atoms. The van der Waals surface area contributed by atoms with Gasteiger partial charge in [0.05, 0.1) is 4.90 Å². The molecular weight excluding hydrogens is 266 g/mol. The fraction of sp³-hybridized carbons (Fsp3) is 0.333. The summed E-state index contributed by atoms with van der Waals surface area (Å²) in [7, 11) is -1.34. The number of halogens is 1. The monoisotopic (exact) mass is 275 g/mol. The van der Waals surface area contributed by atoms with Crippen LogP contribution in [0.3, 0.4) is 0 Å². The van der Waals surface area contributed by atoms with E-state index in [0.29, 0.717) is 15.9 Å². The van der Waals surface area contributed by atoms with Crippen molar-refractivity contribution in [2.45, 2.75) is 11.4 Å². The van der Waals surface area contributed by atoms with Crippen LogP contribution in [-0.2, 0) is 16.4 Å². The van der Waals surface area contributed by atoms with Crippen LogP contribution in [0.4, 0.5) is 0 Å². The third-order valence-corrected chi connectivity index (χ3v) is 5.00. The highest BCUT2D eigenvalue weighted by Gasteiger charge is 2.28. The quantitative estimate of drug-likeness (QED) is 0.722. The zero-order valence-corrected chi connectivity index (χ0v) is 10.1. The van der Waals surface area contributed by atoms with E-state index in [0.717, 1.165) is 5.56 Å². The van der Waals surface area contributed by atoms with E-state index in [1.54, 1.807) is 18.0 Å². The molecule has 0 bridgehead atoms. The number of hydrogen-bond acceptors (Lipinski definition) is 3. The van der Waals surface area contributed by atoms with Crippen molar-refractivity contribution in [1.82, 2.24) is 4.90 Å². The lowest BCUT2D eigenvalue weighted by Crippen LogP contribution is -2.31. The highest BCUT2D eigenvalue weighted by molar-refractivity contribution is 9.10. The van der Waals surface area contributed by atoms with E-state index in [9.17, 15) is 8.42 Å². The Bertz CT molecular complexity index is 470. The molecule has 0 saturated heterocycles. The van der Waals surface area contributed by atoms with E-state index < -0.39 is 9.84 Å². The van der Waals surface area contributed by atoms with Gasteiger partial charge in [-0.3, -0.25) is 4.90 Å². The van der Waals surface area contributed by atoms with Gasteiger partial charge in [-0.25, -0.2) is 8.42 Å². The Morgan fingerprint density at radius 3 is 2.86 bits per heavy atom. The predicted octanol–water partition coefficient (Wildman–Crippen LogP) is 1.63. The summed E-state index contributed by atoms with van der Waals surface area (Å²) in [6.07, 6.45) is 0. The van der Waals surface area contributed by atoms with E-state index in [1.165, 1.54) is 0 Å². The molecule has 2 rings (SSSR count). The van der Waals surface area contributed by atoms with Crippen molar-refractivity contribution in [3.8, 4) is 0 Å². The first-order chi connectivity index (χ1) is 6.50. The molecule has 76 valence electrons. The Labute approximate surface area is 91.8 Å². The Balaban J connectivity index is 2.71. The fourth-order valence-corrected chi connectivity index (χ4v) is 4.56. The van der Waals surface area contributed by atoms with Crippen molar-refractivity contribution in [1.29, 1.82) is 0 Å². The van der Waals surface area contributed by atoms with Gasteiger partial charge in [0.25, 0.3) is 0 Å². The van der Waals surface area contributed by atoms with Crippen LogP contribution in [0, 0.1) is 0 Å². The second kappa shape index (κ2) is 3.32. The van der Waals surface area contributed by atoms with Crippen LogP contribution in [0.15, 0.2) is 27.6 Å². The summed E-state index contributed by atoms with van der Waals surface area (Å²) in [4.78, 5) is 2.25. The number of benzene rings is 1. The van der Waals surface area contributed by atoms with Crippen LogP contribution in [0.25, 0.3) is 0 Å². The topological polar surface area (TPSA) is 37.4 Å². The number of hydrogen-bond donors (Lipinski definition) is 0. The zero-order valence-electron chi connectivity index (χ0n) is 7.70. The van der Waals surface area contributed by atoms with Gasteiger partial charge in [0.2, 0.25) is 0 Å². The summed E-state index contributed by atoms with van der Waals surface area (Å²) in [6, 6.07) is 5.48. The Kier molecular flexibility index (Phi) is 2.41. The molecule has 5 heteroatoms. The first kappa shape index (κ1) is 10.1. The maximum absolute atomic E-state index is 11.8. The molecule has 0 aliphatic carbocycles. The summed E-state index contributed by atoms with van der Waals surface area (Å²) < 4.78 is 24.3. The second-order valence-electron chi connectivity index (χ2n) is 3.49. The van der Waals surface area contributed by atoms with Crippen molar-refractivity contribution in [3.63, 3.8) is 0 Å². The third-order valence-electron chi connectivity index (χ3n) is 2.19. The van der Waals surface area contributed by atoms with Gasteiger partial charge in [-0.15, -0.1) is 0 Å². The zero-order chi connectivity index (χ0) is 10.3. The van der Waals surface area contributed by atoms with Gasteiger partial charge in [0.1, 0.15) is 5.88 Å². The molecule has 0 aromatic heterocycles. The third kappa shape index (κ3) is 1.60. The Morgan fingerprint density at radius 2 is 2.14 bits per heavy atom. The van der Waals surface area contributed by atoms with Gasteiger partial charge in [-0.05, 0) is 34.6 Å². The van der Waals surface area contributed by atoms with E-state index in [1.807, 2.05) is 12.1 Å². The van der Waals surface area contributed by atoms with Crippen LogP contribution < -0.4 is 0 Å². The minimum absolute atomic E-state index is 0.0998. The second-order valence-corrected chi connectivity index (χ2v) is 6.24. The molecule has 1 aliphatic rings.